The van der Waals surface area contributed by atoms with Crippen molar-refractivity contribution >= 4 is 0 Å². The topological polar surface area (TPSA) is 86.7 Å². The fraction of sp³-hybridized carbons (Fsp3) is 0.833. The van der Waals surface area contributed by atoms with Gasteiger partial charge < -0.3 is 10.1 Å². The fourth-order valence-electron chi connectivity index (χ4n) is 0.937. The Kier molecular flexibility index (Phi) is 3.30. The summed E-state index contributed by atoms with van der Waals surface area (Å²) in [6, 6.07) is 0. The number of hydrogen-bond acceptors (Lipinski definition) is 5. The SMILES string of the molecule is CCCCCc1nnn([N+](=O)[O-])n1. The summed E-state index contributed by atoms with van der Waals surface area (Å²) >= 11 is 0. The molecule has 0 aliphatic carbocycles. The molecule has 0 bridgehead atoms. The number of aryl methyl sites for hydroxylation is 1. The van der Waals surface area contributed by atoms with E-state index in [4.69, 9.17) is 0 Å². The largest absolute Gasteiger partial charge is 0.372 e. The van der Waals surface area contributed by atoms with Gasteiger partial charge in [-0.05, 0) is 11.5 Å². The first-order valence-electron chi connectivity index (χ1n) is 4.17. The minimum atomic E-state index is -0.712. The van der Waals surface area contributed by atoms with Crippen LogP contribution in [0.4, 0.5) is 0 Å². The number of rotatable bonds is 5. The van der Waals surface area contributed by atoms with Crippen molar-refractivity contribution in [2.24, 2.45) is 0 Å². The smallest absolute Gasteiger partial charge is 0.270 e. The van der Waals surface area contributed by atoms with E-state index in [0.29, 0.717) is 17.2 Å². The van der Waals surface area contributed by atoms with E-state index in [2.05, 4.69) is 22.3 Å². The molecule has 72 valence electrons. The molecule has 0 spiro atoms. The van der Waals surface area contributed by atoms with Crippen molar-refractivity contribution in [1.82, 2.24) is 20.3 Å². The van der Waals surface area contributed by atoms with Gasteiger partial charge in [-0.25, -0.2) is 0 Å². The number of nitrogens with zero attached hydrogens (tertiary/aromatic N) is 5. The summed E-state index contributed by atoms with van der Waals surface area (Å²) < 4.78 is 0. The van der Waals surface area contributed by atoms with Crippen LogP contribution in [0.5, 0.6) is 0 Å². The first-order chi connectivity index (χ1) is 6.24. The van der Waals surface area contributed by atoms with Crippen LogP contribution in [0.2, 0.25) is 0 Å². The van der Waals surface area contributed by atoms with Crippen molar-refractivity contribution in [1.29, 1.82) is 0 Å². The lowest BCUT2D eigenvalue weighted by atomic mass is 10.2. The van der Waals surface area contributed by atoms with Crippen molar-refractivity contribution in [3.8, 4) is 0 Å². The molecule has 0 aliphatic rings. The van der Waals surface area contributed by atoms with Crippen LogP contribution in [-0.4, -0.2) is 25.3 Å². The number of hydrogen-bond donors (Lipinski definition) is 0. The van der Waals surface area contributed by atoms with E-state index in [1.165, 1.54) is 0 Å². The van der Waals surface area contributed by atoms with Gasteiger partial charge in [-0.15, -0.1) is 0 Å². The summed E-state index contributed by atoms with van der Waals surface area (Å²) in [5.74, 6) is 0.435. The van der Waals surface area contributed by atoms with Gasteiger partial charge in [-0.3, -0.25) is 0 Å². The molecule has 1 heterocycles. The Morgan fingerprint density at radius 1 is 1.54 bits per heavy atom. The lowest BCUT2D eigenvalue weighted by molar-refractivity contribution is -0.564. The van der Waals surface area contributed by atoms with Crippen LogP contribution < -0.4 is 0 Å². The molecule has 13 heavy (non-hydrogen) atoms. The number of aromatic nitrogens is 4. The average Bonchev–Trinajstić information content (AvgIpc) is 2.53. The molecule has 0 N–H and O–H groups in total. The minimum Gasteiger partial charge on any atom is -0.372 e. The Hall–Kier alpha value is -1.53. The molecule has 0 saturated heterocycles. The monoisotopic (exact) mass is 185 g/mol. The van der Waals surface area contributed by atoms with Gasteiger partial charge in [-0.2, -0.15) is 0 Å². The number of nitro groups is 1. The van der Waals surface area contributed by atoms with Gasteiger partial charge in [0.15, 0.2) is 4.91 Å². The summed E-state index contributed by atoms with van der Waals surface area (Å²) in [6.45, 7) is 2.08. The van der Waals surface area contributed by atoms with Gasteiger partial charge in [0.25, 0.3) is 5.82 Å². The molecule has 0 unspecified atom stereocenters. The summed E-state index contributed by atoms with van der Waals surface area (Å²) in [6.07, 6.45) is 3.78. The third-order valence-electron chi connectivity index (χ3n) is 1.60. The van der Waals surface area contributed by atoms with E-state index in [1.807, 2.05) is 0 Å². The van der Waals surface area contributed by atoms with Crippen LogP contribution in [0.1, 0.15) is 32.0 Å². The molecule has 0 aromatic carbocycles. The molecule has 1 aromatic rings. The van der Waals surface area contributed by atoms with E-state index >= 15 is 0 Å². The fourth-order valence-corrected chi connectivity index (χ4v) is 0.937. The van der Waals surface area contributed by atoms with E-state index < -0.39 is 5.03 Å². The Balaban J connectivity index is 2.44. The molecule has 0 radical (unpaired) electrons. The van der Waals surface area contributed by atoms with Crippen LogP contribution in [-0.2, 0) is 6.42 Å². The van der Waals surface area contributed by atoms with Gasteiger partial charge in [0, 0.05) is 16.6 Å². The predicted octanol–water partition coefficient (Wildman–Crippen LogP) is 0.446. The van der Waals surface area contributed by atoms with Crippen LogP contribution in [0.25, 0.3) is 0 Å². The summed E-state index contributed by atoms with van der Waals surface area (Å²) in [7, 11) is 0. The molecule has 0 aliphatic heterocycles. The van der Waals surface area contributed by atoms with Gasteiger partial charge in [0.05, 0.1) is 0 Å². The quantitative estimate of drug-likeness (QED) is 0.377. The number of tetrazole rings is 1. The van der Waals surface area contributed by atoms with Crippen molar-refractivity contribution in [2.75, 3.05) is 0 Å². The Morgan fingerprint density at radius 3 is 2.85 bits per heavy atom. The van der Waals surface area contributed by atoms with Crippen molar-refractivity contribution in [3.05, 3.63) is 15.9 Å². The highest BCUT2D eigenvalue weighted by Crippen LogP contribution is 1.99. The van der Waals surface area contributed by atoms with E-state index in [1.54, 1.807) is 0 Å². The van der Waals surface area contributed by atoms with Crippen molar-refractivity contribution < 1.29 is 5.03 Å². The summed E-state index contributed by atoms with van der Waals surface area (Å²) in [5, 5.41) is 19.8. The zero-order chi connectivity index (χ0) is 9.68. The second-order valence-corrected chi connectivity index (χ2v) is 2.67. The van der Waals surface area contributed by atoms with Crippen LogP contribution >= 0.6 is 0 Å². The maximum atomic E-state index is 10.1. The molecule has 7 heteroatoms. The van der Waals surface area contributed by atoms with Crippen LogP contribution in [0.15, 0.2) is 0 Å². The predicted molar refractivity (Wildman–Crippen MR) is 43.4 cm³/mol. The second-order valence-electron chi connectivity index (χ2n) is 2.67. The molecule has 7 nitrogen and oxygen atoms in total. The molecule has 0 fully saturated rings. The Labute approximate surface area is 74.9 Å². The lowest BCUT2D eigenvalue weighted by Crippen LogP contribution is -2.12. The van der Waals surface area contributed by atoms with Crippen LogP contribution in [0.3, 0.4) is 0 Å². The van der Waals surface area contributed by atoms with E-state index in [9.17, 15) is 10.1 Å². The van der Waals surface area contributed by atoms with E-state index in [0.717, 1.165) is 19.3 Å². The second kappa shape index (κ2) is 4.48. The maximum Gasteiger partial charge on any atom is 0.270 e. The summed E-state index contributed by atoms with van der Waals surface area (Å²) in [5.41, 5.74) is 0. The molecule has 0 amide bonds. The highest BCUT2D eigenvalue weighted by Gasteiger charge is 2.11. The normalized spacial score (nSPS) is 10.2. The minimum absolute atomic E-state index is 0.390. The van der Waals surface area contributed by atoms with Gasteiger partial charge in [0.2, 0.25) is 0 Å². The molecular weight excluding hydrogens is 174 g/mol. The number of unbranched alkanes of at least 4 members (excludes halogenated alkanes) is 2. The van der Waals surface area contributed by atoms with E-state index in [-0.39, 0.29) is 0 Å². The lowest BCUT2D eigenvalue weighted by Gasteiger charge is -1.89. The van der Waals surface area contributed by atoms with Crippen molar-refractivity contribution in [3.63, 3.8) is 0 Å². The average molecular weight is 185 g/mol. The first-order valence-corrected chi connectivity index (χ1v) is 4.17. The van der Waals surface area contributed by atoms with Crippen molar-refractivity contribution in [2.45, 2.75) is 32.6 Å². The highest BCUT2D eigenvalue weighted by atomic mass is 16.7. The standard InChI is InChI=1S/C6H11N5O2/c1-2-3-4-5-6-7-9-10(8-6)11(12)13/h2-5H2,1H3. The molecule has 1 aromatic heterocycles. The maximum absolute atomic E-state index is 10.1. The first kappa shape index (κ1) is 9.56. The zero-order valence-corrected chi connectivity index (χ0v) is 7.38. The molecule has 0 saturated carbocycles. The molecular formula is C6H11N5O2. The van der Waals surface area contributed by atoms with Gasteiger partial charge >= 0.3 is 0 Å². The third kappa shape index (κ3) is 2.77. The Bertz CT molecular complexity index is 284. The highest BCUT2D eigenvalue weighted by molar-refractivity contribution is 4.75. The van der Waals surface area contributed by atoms with Gasteiger partial charge in [0.1, 0.15) is 5.21 Å². The molecule has 0 atom stereocenters. The zero-order valence-electron chi connectivity index (χ0n) is 7.38. The van der Waals surface area contributed by atoms with Crippen LogP contribution in [0, 0.1) is 10.1 Å². The Morgan fingerprint density at radius 2 is 2.31 bits per heavy atom. The summed E-state index contributed by atoms with van der Waals surface area (Å²) in [4.78, 5) is 10.5. The third-order valence-corrected chi connectivity index (χ3v) is 1.60. The molecule has 1 rings (SSSR count). The van der Waals surface area contributed by atoms with Gasteiger partial charge in [-0.1, -0.05) is 19.8 Å².